The molecule has 0 aliphatic rings. The van der Waals surface area contributed by atoms with Crippen LogP contribution in [-0.2, 0) is 16.8 Å². The largest absolute Gasteiger partial charge is 0.469 e. The van der Waals surface area contributed by atoms with Crippen LogP contribution in [-0.4, -0.2) is 11.8 Å². The van der Waals surface area contributed by atoms with Crippen LogP contribution >= 0.6 is 11.6 Å². The van der Waals surface area contributed by atoms with Gasteiger partial charge in [0.1, 0.15) is 5.76 Å². The summed E-state index contributed by atoms with van der Waals surface area (Å²) in [4.78, 5) is 12.1. The number of hydrogen-bond acceptors (Lipinski definition) is 2. The van der Waals surface area contributed by atoms with Crippen molar-refractivity contribution in [2.24, 2.45) is 0 Å². The Morgan fingerprint density at radius 2 is 2.00 bits per heavy atom. The number of benzene rings is 1. The van der Waals surface area contributed by atoms with Gasteiger partial charge in [-0.15, -0.1) is 11.6 Å². The lowest BCUT2D eigenvalue weighted by Crippen LogP contribution is -2.45. The van der Waals surface area contributed by atoms with Crippen LogP contribution in [0, 0.1) is 0 Å². The highest BCUT2D eigenvalue weighted by Gasteiger charge is 2.27. The van der Waals surface area contributed by atoms with Crippen molar-refractivity contribution < 1.29 is 9.21 Å². The first-order valence-electron chi connectivity index (χ1n) is 6.59. The fourth-order valence-electron chi connectivity index (χ4n) is 2.05. The minimum atomic E-state index is -0.553. The number of aryl methyl sites for hydroxylation is 1. The van der Waals surface area contributed by atoms with E-state index in [1.165, 1.54) is 0 Å². The van der Waals surface area contributed by atoms with Crippen LogP contribution in [0.1, 0.15) is 24.7 Å². The number of halogens is 1. The summed E-state index contributed by atoms with van der Waals surface area (Å²) < 4.78 is 5.22. The predicted molar refractivity (Wildman–Crippen MR) is 79.7 cm³/mol. The molecule has 0 aliphatic heterocycles. The summed E-state index contributed by atoms with van der Waals surface area (Å²) in [7, 11) is 0. The fourth-order valence-corrected chi connectivity index (χ4v) is 2.27. The SMILES string of the molecule is CC(CCl)(NC(=O)CCc1ccco1)c1ccccc1. The summed E-state index contributed by atoms with van der Waals surface area (Å²) in [5.41, 5.74) is 0.449. The summed E-state index contributed by atoms with van der Waals surface area (Å²) in [6.07, 6.45) is 2.58. The van der Waals surface area contributed by atoms with Gasteiger partial charge >= 0.3 is 0 Å². The van der Waals surface area contributed by atoms with E-state index in [-0.39, 0.29) is 5.91 Å². The van der Waals surface area contributed by atoms with Crippen molar-refractivity contribution in [1.29, 1.82) is 0 Å². The van der Waals surface area contributed by atoms with E-state index in [0.717, 1.165) is 11.3 Å². The number of amides is 1. The van der Waals surface area contributed by atoms with Gasteiger partial charge in [-0.3, -0.25) is 4.79 Å². The van der Waals surface area contributed by atoms with E-state index >= 15 is 0 Å². The van der Waals surface area contributed by atoms with Crippen LogP contribution in [0.15, 0.2) is 53.1 Å². The second kappa shape index (κ2) is 6.62. The third-order valence-corrected chi connectivity index (χ3v) is 3.81. The second-order valence-corrected chi connectivity index (χ2v) is 5.23. The van der Waals surface area contributed by atoms with Gasteiger partial charge in [0.25, 0.3) is 0 Å². The Bertz CT molecular complexity index is 539. The lowest BCUT2D eigenvalue weighted by molar-refractivity contribution is -0.122. The molecule has 2 aromatic rings. The first kappa shape index (κ1) is 14.7. The van der Waals surface area contributed by atoms with E-state index in [4.69, 9.17) is 16.0 Å². The van der Waals surface area contributed by atoms with Crippen LogP contribution in [0.5, 0.6) is 0 Å². The van der Waals surface area contributed by atoms with Gasteiger partial charge in [-0.25, -0.2) is 0 Å². The maximum Gasteiger partial charge on any atom is 0.221 e. The molecule has 1 aromatic carbocycles. The monoisotopic (exact) mass is 291 g/mol. The Balaban J connectivity index is 1.97. The standard InChI is InChI=1S/C16H18ClNO2/c1-16(12-17,13-6-3-2-4-7-13)18-15(19)10-9-14-8-5-11-20-14/h2-8,11H,9-10,12H2,1H3,(H,18,19). The molecule has 1 amide bonds. The molecule has 106 valence electrons. The van der Waals surface area contributed by atoms with Crippen molar-refractivity contribution >= 4 is 17.5 Å². The summed E-state index contributed by atoms with van der Waals surface area (Å²) in [6.45, 7) is 1.93. The van der Waals surface area contributed by atoms with Gasteiger partial charge in [-0.1, -0.05) is 30.3 Å². The molecule has 0 radical (unpaired) electrons. The molecule has 0 aliphatic carbocycles. The highest BCUT2D eigenvalue weighted by molar-refractivity contribution is 6.18. The zero-order valence-corrected chi connectivity index (χ0v) is 12.2. The maximum atomic E-state index is 12.1. The van der Waals surface area contributed by atoms with Gasteiger partial charge in [0.15, 0.2) is 0 Å². The van der Waals surface area contributed by atoms with E-state index in [9.17, 15) is 4.79 Å². The first-order chi connectivity index (χ1) is 9.64. The highest BCUT2D eigenvalue weighted by Crippen LogP contribution is 2.22. The smallest absolute Gasteiger partial charge is 0.221 e. The maximum absolute atomic E-state index is 12.1. The van der Waals surface area contributed by atoms with E-state index < -0.39 is 5.54 Å². The van der Waals surface area contributed by atoms with Crippen molar-refractivity contribution in [3.05, 3.63) is 60.1 Å². The first-order valence-corrected chi connectivity index (χ1v) is 7.12. The van der Waals surface area contributed by atoms with Gasteiger partial charge in [0, 0.05) is 18.7 Å². The van der Waals surface area contributed by atoms with Crippen molar-refractivity contribution in [3.8, 4) is 0 Å². The molecule has 1 N–H and O–H groups in total. The highest BCUT2D eigenvalue weighted by atomic mass is 35.5. The number of carbonyl (C=O) groups is 1. The molecule has 1 heterocycles. The fraction of sp³-hybridized carbons (Fsp3) is 0.312. The minimum Gasteiger partial charge on any atom is -0.469 e. The lowest BCUT2D eigenvalue weighted by atomic mass is 9.94. The minimum absolute atomic E-state index is 0.0339. The number of hydrogen-bond donors (Lipinski definition) is 1. The molecule has 0 fully saturated rings. The van der Waals surface area contributed by atoms with Crippen molar-refractivity contribution in [2.45, 2.75) is 25.3 Å². The molecule has 1 unspecified atom stereocenters. The molecule has 0 saturated carbocycles. The van der Waals surface area contributed by atoms with Crippen LogP contribution in [0.4, 0.5) is 0 Å². The number of furan rings is 1. The van der Waals surface area contributed by atoms with Gasteiger partial charge in [-0.05, 0) is 24.6 Å². The van der Waals surface area contributed by atoms with E-state index in [0.29, 0.717) is 18.7 Å². The summed E-state index contributed by atoms with van der Waals surface area (Å²) in [5, 5.41) is 3.01. The Morgan fingerprint density at radius 3 is 2.60 bits per heavy atom. The van der Waals surface area contributed by atoms with Crippen molar-refractivity contribution in [3.63, 3.8) is 0 Å². The second-order valence-electron chi connectivity index (χ2n) is 4.96. The molecule has 2 rings (SSSR count). The molecule has 1 atom stereocenters. The molecule has 1 aromatic heterocycles. The third kappa shape index (κ3) is 3.64. The topological polar surface area (TPSA) is 42.2 Å². The quantitative estimate of drug-likeness (QED) is 0.828. The average molecular weight is 292 g/mol. The van der Waals surface area contributed by atoms with Crippen LogP contribution in [0.25, 0.3) is 0 Å². The molecule has 0 saturated heterocycles. The zero-order chi connectivity index (χ0) is 14.4. The number of nitrogens with one attached hydrogen (secondary N) is 1. The predicted octanol–water partition coefficient (Wildman–Crippen LogP) is 3.48. The van der Waals surface area contributed by atoms with Crippen molar-refractivity contribution in [2.75, 3.05) is 5.88 Å². The normalized spacial score (nSPS) is 13.7. The van der Waals surface area contributed by atoms with Gasteiger partial charge in [-0.2, -0.15) is 0 Å². The number of carbonyl (C=O) groups excluding carboxylic acids is 1. The lowest BCUT2D eigenvalue weighted by Gasteiger charge is -2.29. The average Bonchev–Trinajstić information content (AvgIpc) is 2.99. The van der Waals surface area contributed by atoms with Crippen LogP contribution < -0.4 is 5.32 Å². The molecule has 3 nitrogen and oxygen atoms in total. The van der Waals surface area contributed by atoms with Gasteiger partial charge in [0.2, 0.25) is 5.91 Å². The van der Waals surface area contributed by atoms with Crippen molar-refractivity contribution in [1.82, 2.24) is 5.32 Å². The zero-order valence-electron chi connectivity index (χ0n) is 11.4. The van der Waals surface area contributed by atoms with E-state index in [1.54, 1.807) is 6.26 Å². The molecule has 0 bridgehead atoms. The van der Waals surface area contributed by atoms with E-state index in [2.05, 4.69) is 5.32 Å². The Labute approximate surface area is 123 Å². The third-order valence-electron chi connectivity index (χ3n) is 3.27. The van der Waals surface area contributed by atoms with Gasteiger partial charge in [0.05, 0.1) is 11.8 Å². The summed E-state index contributed by atoms with van der Waals surface area (Å²) in [6, 6.07) is 13.4. The number of rotatable bonds is 6. The number of alkyl halides is 1. The van der Waals surface area contributed by atoms with Crippen LogP contribution in [0.2, 0.25) is 0 Å². The molecule has 4 heteroatoms. The molecule has 0 spiro atoms. The summed E-state index contributed by atoms with van der Waals surface area (Å²) in [5.74, 6) is 1.10. The summed E-state index contributed by atoms with van der Waals surface area (Å²) >= 11 is 6.05. The Hall–Kier alpha value is -1.74. The Morgan fingerprint density at radius 1 is 1.25 bits per heavy atom. The molecule has 20 heavy (non-hydrogen) atoms. The van der Waals surface area contributed by atoms with Crippen LogP contribution in [0.3, 0.4) is 0 Å². The van der Waals surface area contributed by atoms with E-state index in [1.807, 2.05) is 49.4 Å². The van der Waals surface area contributed by atoms with Gasteiger partial charge < -0.3 is 9.73 Å². The molecular formula is C16H18ClNO2. The molecular weight excluding hydrogens is 274 g/mol. The Kier molecular flexibility index (Phi) is 4.85.